The van der Waals surface area contributed by atoms with Crippen LogP contribution in [0.25, 0.3) is 0 Å². The van der Waals surface area contributed by atoms with Crippen molar-refractivity contribution in [2.75, 3.05) is 5.32 Å². The molecule has 0 radical (unpaired) electrons. The molecule has 0 aromatic heterocycles. The van der Waals surface area contributed by atoms with Crippen molar-refractivity contribution in [3.8, 4) is 0 Å². The van der Waals surface area contributed by atoms with Gasteiger partial charge in [0.15, 0.2) is 0 Å². The van der Waals surface area contributed by atoms with Crippen molar-refractivity contribution < 1.29 is 17.6 Å². The second kappa shape index (κ2) is 6.36. The molecule has 0 bridgehead atoms. The molecule has 1 N–H and O–H groups in total. The van der Waals surface area contributed by atoms with Crippen LogP contribution in [0, 0.1) is 5.82 Å². The van der Waals surface area contributed by atoms with Gasteiger partial charge in [-0.25, -0.2) is 4.39 Å². The third kappa shape index (κ3) is 4.20. The molecule has 0 spiro atoms. The molecule has 2 aromatic carbocycles. The average Bonchev–Trinajstić information content (AvgIpc) is 2.40. The second-order valence-corrected chi connectivity index (χ2v) is 6.06. The molecular weight excluding hydrogens is 418 g/mol. The Morgan fingerprint density at radius 1 is 1.00 bits per heavy atom. The normalized spacial score (nSPS) is 11.5. The number of benzene rings is 2. The lowest BCUT2D eigenvalue weighted by atomic mass is 10.1. The van der Waals surface area contributed by atoms with Crippen LogP contribution in [0.2, 0.25) is 0 Å². The Morgan fingerprint density at radius 2 is 1.71 bits per heavy atom. The highest BCUT2D eigenvalue weighted by Crippen LogP contribution is 2.32. The quantitative estimate of drug-likeness (QED) is 0.595. The Balaban J connectivity index is 2.19. The Kier molecular flexibility index (Phi) is 4.93. The highest BCUT2D eigenvalue weighted by atomic mass is 79.9. The Hall–Kier alpha value is -1.08. The van der Waals surface area contributed by atoms with E-state index in [2.05, 4.69) is 37.2 Å². The maximum Gasteiger partial charge on any atom is 0.419 e. The third-order valence-corrected chi connectivity index (χ3v) is 3.93. The van der Waals surface area contributed by atoms with Crippen molar-refractivity contribution in [1.29, 1.82) is 0 Å². The van der Waals surface area contributed by atoms with Crippen LogP contribution in [-0.2, 0) is 12.7 Å². The van der Waals surface area contributed by atoms with Crippen molar-refractivity contribution in [2.24, 2.45) is 0 Å². The molecule has 0 aliphatic heterocycles. The van der Waals surface area contributed by atoms with E-state index in [1.165, 1.54) is 6.07 Å². The van der Waals surface area contributed by atoms with Gasteiger partial charge in [-0.05, 0) is 51.8 Å². The number of nitrogens with one attached hydrogen (secondary N) is 1. The molecule has 0 amide bonds. The van der Waals surface area contributed by atoms with Crippen LogP contribution in [0.5, 0.6) is 0 Å². The molecule has 0 heterocycles. The minimum absolute atomic E-state index is 0.151. The SMILES string of the molecule is Fc1ccc(CNc2cc(Br)ccc2Br)cc1C(F)(F)F. The summed E-state index contributed by atoms with van der Waals surface area (Å²) in [5.74, 6) is -1.27. The summed E-state index contributed by atoms with van der Waals surface area (Å²) in [6, 6.07) is 8.39. The van der Waals surface area contributed by atoms with Crippen molar-refractivity contribution >= 4 is 37.5 Å². The first-order valence-electron chi connectivity index (χ1n) is 5.82. The van der Waals surface area contributed by atoms with Crippen LogP contribution in [0.15, 0.2) is 45.3 Å². The third-order valence-electron chi connectivity index (χ3n) is 2.75. The van der Waals surface area contributed by atoms with Crippen LogP contribution < -0.4 is 5.32 Å². The molecule has 2 aromatic rings. The fourth-order valence-electron chi connectivity index (χ4n) is 1.73. The van der Waals surface area contributed by atoms with E-state index in [1.807, 2.05) is 6.07 Å². The molecule has 0 saturated heterocycles. The monoisotopic (exact) mass is 425 g/mol. The van der Waals surface area contributed by atoms with Gasteiger partial charge in [0.2, 0.25) is 0 Å². The summed E-state index contributed by atoms with van der Waals surface area (Å²) in [5.41, 5.74) is -0.187. The van der Waals surface area contributed by atoms with Crippen LogP contribution >= 0.6 is 31.9 Å². The predicted octanol–water partition coefficient (Wildman–Crippen LogP) is 5.98. The predicted molar refractivity (Wildman–Crippen MR) is 80.6 cm³/mol. The Morgan fingerprint density at radius 3 is 2.38 bits per heavy atom. The van der Waals surface area contributed by atoms with E-state index in [0.29, 0.717) is 5.56 Å². The largest absolute Gasteiger partial charge is 0.419 e. The summed E-state index contributed by atoms with van der Waals surface area (Å²) < 4.78 is 52.7. The lowest BCUT2D eigenvalue weighted by Gasteiger charge is -2.12. The molecule has 0 aliphatic rings. The fourth-order valence-corrected chi connectivity index (χ4v) is 2.48. The first kappa shape index (κ1) is 16.3. The Labute approximate surface area is 135 Å². The smallest absolute Gasteiger partial charge is 0.380 e. The van der Waals surface area contributed by atoms with E-state index in [9.17, 15) is 17.6 Å². The van der Waals surface area contributed by atoms with Gasteiger partial charge in [0.05, 0.1) is 5.56 Å². The number of anilines is 1. The van der Waals surface area contributed by atoms with Gasteiger partial charge in [0.25, 0.3) is 0 Å². The lowest BCUT2D eigenvalue weighted by molar-refractivity contribution is -0.140. The number of alkyl halides is 3. The first-order chi connectivity index (χ1) is 9.77. The van der Waals surface area contributed by atoms with Gasteiger partial charge in [0, 0.05) is 21.2 Å². The highest BCUT2D eigenvalue weighted by molar-refractivity contribution is 9.11. The molecule has 0 unspecified atom stereocenters. The standard InChI is InChI=1S/C14H9Br2F4N/c15-9-2-3-11(16)13(6-9)21-7-8-1-4-12(17)10(5-8)14(18,19)20/h1-6,21H,7H2. The van der Waals surface area contributed by atoms with E-state index in [0.717, 1.165) is 26.8 Å². The van der Waals surface area contributed by atoms with Crippen molar-refractivity contribution in [2.45, 2.75) is 12.7 Å². The summed E-state index contributed by atoms with van der Waals surface area (Å²) in [6.45, 7) is 0.151. The molecule has 1 nitrogen and oxygen atoms in total. The molecule has 0 atom stereocenters. The topological polar surface area (TPSA) is 12.0 Å². The van der Waals surface area contributed by atoms with Gasteiger partial charge in [-0.15, -0.1) is 0 Å². The molecule has 112 valence electrons. The lowest BCUT2D eigenvalue weighted by Crippen LogP contribution is -2.10. The second-order valence-electron chi connectivity index (χ2n) is 4.29. The summed E-state index contributed by atoms with van der Waals surface area (Å²) >= 11 is 6.65. The molecule has 0 saturated carbocycles. The van der Waals surface area contributed by atoms with Crippen LogP contribution in [0.3, 0.4) is 0 Å². The number of halogens is 6. The van der Waals surface area contributed by atoms with Gasteiger partial charge in [-0.1, -0.05) is 22.0 Å². The molecule has 21 heavy (non-hydrogen) atoms. The van der Waals surface area contributed by atoms with Crippen molar-refractivity contribution in [3.05, 3.63) is 62.3 Å². The van der Waals surface area contributed by atoms with Crippen molar-refractivity contribution in [3.63, 3.8) is 0 Å². The average molecular weight is 427 g/mol. The molecule has 0 aliphatic carbocycles. The Bertz CT molecular complexity index is 656. The van der Waals surface area contributed by atoms with E-state index in [-0.39, 0.29) is 6.54 Å². The maximum absolute atomic E-state index is 13.2. The summed E-state index contributed by atoms with van der Waals surface area (Å²) in [6.07, 6.45) is -4.70. The van der Waals surface area contributed by atoms with E-state index >= 15 is 0 Å². The van der Waals surface area contributed by atoms with E-state index < -0.39 is 17.6 Å². The molecular formula is C14H9Br2F4N. The first-order valence-corrected chi connectivity index (χ1v) is 7.40. The molecule has 0 fully saturated rings. The molecule has 2 rings (SSSR count). The van der Waals surface area contributed by atoms with Crippen LogP contribution in [0.1, 0.15) is 11.1 Å². The zero-order valence-electron chi connectivity index (χ0n) is 10.4. The number of rotatable bonds is 3. The summed E-state index contributed by atoms with van der Waals surface area (Å²) in [5, 5.41) is 3.00. The van der Waals surface area contributed by atoms with E-state index in [1.54, 1.807) is 12.1 Å². The maximum atomic E-state index is 13.2. The zero-order chi connectivity index (χ0) is 15.6. The number of hydrogen-bond acceptors (Lipinski definition) is 1. The fraction of sp³-hybridized carbons (Fsp3) is 0.143. The van der Waals surface area contributed by atoms with Crippen LogP contribution in [0.4, 0.5) is 23.2 Å². The summed E-state index contributed by atoms with van der Waals surface area (Å²) in [7, 11) is 0. The minimum atomic E-state index is -4.70. The molecule has 7 heteroatoms. The summed E-state index contributed by atoms with van der Waals surface area (Å²) in [4.78, 5) is 0. The van der Waals surface area contributed by atoms with Crippen LogP contribution in [-0.4, -0.2) is 0 Å². The van der Waals surface area contributed by atoms with Gasteiger partial charge < -0.3 is 5.32 Å². The minimum Gasteiger partial charge on any atom is -0.380 e. The van der Waals surface area contributed by atoms with E-state index in [4.69, 9.17) is 0 Å². The van der Waals surface area contributed by atoms with Gasteiger partial charge in [-0.2, -0.15) is 13.2 Å². The van der Waals surface area contributed by atoms with Gasteiger partial charge in [0.1, 0.15) is 5.82 Å². The van der Waals surface area contributed by atoms with Crippen molar-refractivity contribution in [1.82, 2.24) is 0 Å². The number of hydrogen-bond donors (Lipinski definition) is 1. The zero-order valence-corrected chi connectivity index (χ0v) is 13.6. The van der Waals surface area contributed by atoms with Gasteiger partial charge in [-0.3, -0.25) is 0 Å². The van der Waals surface area contributed by atoms with Gasteiger partial charge >= 0.3 is 6.18 Å². The highest BCUT2D eigenvalue weighted by Gasteiger charge is 2.34.